The van der Waals surface area contributed by atoms with Gasteiger partial charge in [0.2, 0.25) is 5.91 Å². The zero-order chi connectivity index (χ0) is 20.4. The van der Waals surface area contributed by atoms with Gasteiger partial charge in [0.1, 0.15) is 0 Å². The Kier molecular flexibility index (Phi) is 5.39. The van der Waals surface area contributed by atoms with Crippen LogP contribution in [0.25, 0.3) is 5.69 Å². The summed E-state index contributed by atoms with van der Waals surface area (Å²) >= 11 is 1.43. The molecule has 1 aliphatic rings. The summed E-state index contributed by atoms with van der Waals surface area (Å²) in [5, 5.41) is 16.5. The minimum Gasteiger partial charge on any atom is -0.337 e. The number of likely N-dealkylation sites (tertiary alicyclic amines) is 1. The molecular formula is C20H22N6O2S. The fraction of sp³-hybridized carbons (Fsp3) is 0.350. The van der Waals surface area contributed by atoms with E-state index in [0.717, 1.165) is 24.1 Å². The van der Waals surface area contributed by atoms with Gasteiger partial charge in [0.05, 0.1) is 16.5 Å². The monoisotopic (exact) mass is 410 g/mol. The van der Waals surface area contributed by atoms with Crippen molar-refractivity contribution in [2.45, 2.75) is 26.7 Å². The largest absolute Gasteiger partial charge is 0.337 e. The average molecular weight is 411 g/mol. The number of benzene rings is 1. The summed E-state index contributed by atoms with van der Waals surface area (Å²) in [4.78, 5) is 28.0. The van der Waals surface area contributed by atoms with Crippen LogP contribution in [0.15, 0.2) is 35.7 Å². The Morgan fingerprint density at radius 2 is 2.10 bits per heavy atom. The minimum atomic E-state index is -0.229. The molecule has 0 spiro atoms. The third-order valence-corrected chi connectivity index (χ3v) is 6.00. The predicted octanol–water partition coefficient (Wildman–Crippen LogP) is 2.83. The van der Waals surface area contributed by atoms with Crippen molar-refractivity contribution < 1.29 is 9.59 Å². The molecule has 1 atom stereocenters. The van der Waals surface area contributed by atoms with Crippen molar-refractivity contribution in [2.75, 3.05) is 18.4 Å². The molecule has 1 aliphatic heterocycles. The quantitative estimate of drug-likeness (QED) is 0.714. The van der Waals surface area contributed by atoms with Crippen LogP contribution in [0.4, 0.5) is 5.69 Å². The molecule has 150 valence electrons. The van der Waals surface area contributed by atoms with Crippen molar-refractivity contribution in [3.05, 3.63) is 52.0 Å². The molecule has 0 radical (unpaired) electrons. The molecule has 3 heterocycles. The van der Waals surface area contributed by atoms with Crippen LogP contribution in [0.3, 0.4) is 0 Å². The van der Waals surface area contributed by atoms with Gasteiger partial charge < -0.3 is 10.2 Å². The normalized spacial score (nSPS) is 16.6. The van der Waals surface area contributed by atoms with E-state index in [0.29, 0.717) is 29.5 Å². The van der Waals surface area contributed by atoms with Crippen LogP contribution in [0.2, 0.25) is 0 Å². The molecule has 0 aliphatic carbocycles. The molecule has 0 saturated carbocycles. The number of nitrogens with zero attached hydrogens (tertiary/aromatic N) is 5. The summed E-state index contributed by atoms with van der Waals surface area (Å²) in [6, 6.07) is 9.36. The van der Waals surface area contributed by atoms with Crippen molar-refractivity contribution in [3.8, 4) is 5.69 Å². The van der Waals surface area contributed by atoms with Crippen LogP contribution in [0.1, 0.15) is 33.9 Å². The maximum atomic E-state index is 12.9. The van der Waals surface area contributed by atoms with E-state index in [-0.39, 0.29) is 17.7 Å². The zero-order valence-electron chi connectivity index (χ0n) is 16.3. The second kappa shape index (κ2) is 8.12. The first-order chi connectivity index (χ1) is 14.0. The molecule has 0 bridgehead atoms. The van der Waals surface area contributed by atoms with E-state index < -0.39 is 0 Å². The first kappa shape index (κ1) is 19.3. The van der Waals surface area contributed by atoms with Gasteiger partial charge in [0, 0.05) is 18.8 Å². The smallest absolute Gasteiger partial charge is 0.263 e. The molecule has 3 aromatic rings. The summed E-state index contributed by atoms with van der Waals surface area (Å²) in [6.45, 7) is 4.92. The van der Waals surface area contributed by atoms with Crippen LogP contribution in [0, 0.1) is 19.8 Å². The van der Waals surface area contributed by atoms with Crippen LogP contribution in [0.5, 0.6) is 0 Å². The number of amides is 2. The van der Waals surface area contributed by atoms with E-state index in [1.807, 2.05) is 49.6 Å². The lowest BCUT2D eigenvalue weighted by Crippen LogP contribution is -2.43. The third-order valence-electron chi connectivity index (χ3n) is 5.14. The van der Waals surface area contributed by atoms with E-state index in [1.54, 1.807) is 9.58 Å². The maximum absolute atomic E-state index is 12.9. The lowest BCUT2D eigenvalue weighted by atomic mass is 9.96. The van der Waals surface area contributed by atoms with Crippen molar-refractivity contribution in [3.63, 3.8) is 0 Å². The summed E-state index contributed by atoms with van der Waals surface area (Å²) in [6.07, 6.45) is 1.59. The van der Waals surface area contributed by atoms with Gasteiger partial charge in [-0.15, -0.1) is 16.4 Å². The number of hydrogen-bond donors (Lipinski definition) is 1. The molecule has 4 rings (SSSR count). The summed E-state index contributed by atoms with van der Waals surface area (Å²) in [5.74, 6) is 0.375. The first-order valence-corrected chi connectivity index (χ1v) is 10.4. The second-order valence-corrected chi connectivity index (χ2v) is 8.14. The molecule has 1 saturated heterocycles. The fourth-order valence-corrected chi connectivity index (χ4v) is 4.24. The van der Waals surface area contributed by atoms with Gasteiger partial charge in [-0.3, -0.25) is 9.59 Å². The van der Waals surface area contributed by atoms with Crippen molar-refractivity contribution in [1.29, 1.82) is 0 Å². The zero-order valence-corrected chi connectivity index (χ0v) is 17.1. The average Bonchev–Trinajstić information content (AvgIpc) is 3.41. The first-order valence-electron chi connectivity index (χ1n) is 9.52. The van der Waals surface area contributed by atoms with E-state index in [2.05, 4.69) is 20.8 Å². The third kappa shape index (κ3) is 4.04. The van der Waals surface area contributed by atoms with Crippen molar-refractivity contribution in [2.24, 2.45) is 5.92 Å². The Morgan fingerprint density at radius 3 is 2.83 bits per heavy atom. The molecule has 9 heteroatoms. The molecule has 1 N–H and O–H groups in total. The number of thiophene rings is 1. The summed E-state index contributed by atoms with van der Waals surface area (Å²) in [7, 11) is 0. The van der Waals surface area contributed by atoms with Crippen LogP contribution < -0.4 is 5.32 Å². The van der Waals surface area contributed by atoms with Gasteiger partial charge in [-0.1, -0.05) is 12.1 Å². The van der Waals surface area contributed by atoms with Gasteiger partial charge in [0.15, 0.2) is 5.82 Å². The number of carbonyl (C=O) groups excluding carboxylic acids is 2. The Labute approximate surface area is 172 Å². The van der Waals surface area contributed by atoms with Gasteiger partial charge in [-0.25, -0.2) is 0 Å². The number of hydrogen-bond acceptors (Lipinski definition) is 6. The highest BCUT2D eigenvalue weighted by Gasteiger charge is 2.29. The minimum absolute atomic E-state index is 0.00396. The molecular weight excluding hydrogens is 388 g/mol. The molecule has 1 aromatic carbocycles. The number of piperidine rings is 1. The number of rotatable bonds is 4. The molecule has 1 fully saturated rings. The number of tetrazole rings is 1. The topological polar surface area (TPSA) is 93.0 Å². The molecule has 29 heavy (non-hydrogen) atoms. The Bertz CT molecular complexity index is 1030. The van der Waals surface area contributed by atoms with Crippen LogP contribution in [-0.4, -0.2) is 50.0 Å². The van der Waals surface area contributed by atoms with Crippen molar-refractivity contribution >= 4 is 28.8 Å². The molecule has 1 unspecified atom stereocenters. The van der Waals surface area contributed by atoms with Gasteiger partial charge in [-0.2, -0.15) is 4.68 Å². The fourth-order valence-electron chi connectivity index (χ4n) is 3.55. The second-order valence-electron chi connectivity index (χ2n) is 7.20. The predicted molar refractivity (Wildman–Crippen MR) is 110 cm³/mol. The highest BCUT2D eigenvalue weighted by atomic mass is 32.1. The molecule has 8 nitrogen and oxygen atoms in total. The van der Waals surface area contributed by atoms with Crippen molar-refractivity contribution in [1.82, 2.24) is 25.1 Å². The number of anilines is 1. The number of carbonyl (C=O) groups is 2. The van der Waals surface area contributed by atoms with E-state index in [9.17, 15) is 9.59 Å². The van der Waals surface area contributed by atoms with E-state index >= 15 is 0 Å². The summed E-state index contributed by atoms with van der Waals surface area (Å²) < 4.78 is 1.65. The highest BCUT2D eigenvalue weighted by Crippen LogP contribution is 2.24. The molecule has 2 aromatic heterocycles. The van der Waals surface area contributed by atoms with Gasteiger partial charge in [0.25, 0.3) is 5.91 Å². The highest BCUT2D eigenvalue weighted by molar-refractivity contribution is 7.12. The lowest BCUT2D eigenvalue weighted by Gasteiger charge is -2.31. The maximum Gasteiger partial charge on any atom is 0.263 e. The number of aromatic nitrogens is 4. The van der Waals surface area contributed by atoms with Gasteiger partial charge >= 0.3 is 0 Å². The summed E-state index contributed by atoms with van der Waals surface area (Å²) in [5.41, 5.74) is 2.51. The van der Waals surface area contributed by atoms with Gasteiger partial charge in [-0.05, 0) is 66.3 Å². The Balaban J connectivity index is 1.46. The van der Waals surface area contributed by atoms with E-state index in [1.165, 1.54) is 11.3 Å². The lowest BCUT2D eigenvalue weighted by molar-refractivity contribution is -0.121. The Morgan fingerprint density at radius 1 is 1.24 bits per heavy atom. The van der Waals surface area contributed by atoms with E-state index in [4.69, 9.17) is 0 Å². The Hall–Kier alpha value is -3.07. The standard InChI is InChI=1S/C20H22N6O2S/c1-13-7-8-16(11-17(13)26-14(2)22-23-24-26)21-19(27)15-5-3-9-25(12-15)20(28)18-6-4-10-29-18/h4,6-8,10-11,15H,3,5,9,12H2,1-2H3,(H,21,27). The number of aryl methyl sites for hydroxylation is 2. The van der Waals surface area contributed by atoms with Crippen LogP contribution >= 0.6 is 11.3 Å². The SMILES string of the molecule is Cc1ccc(NC(=O)C2CCCN(C(=O)c3cccs3)C2)cc1-n1nnnc1C. The molecule has 2 amide bonds. The van der Waals surface area contributed by atoms with Crippen LogP contribution in [-0.2, 0) is 4.79 Å². The number of nitrogens with one attached hydrogen (secondary N) is 1.